The standard InChI is InChI=1S/C18H6Cl6F3N/c19-10-5-14(23)12(21)3-7(10)16-2-1-9(18(25,26)27)17(28-16)8-4-13(22)15(24)6-11(8)20/h1-6H. The summed E-state index contributed by atoms with van der Waals surface area (Å²) in [4.78, 5) is 4.15. The van der Waals surface area contributed by atoms with Crippen molar-refractivity contribution < 1.29 is 13.2 Å². The second-order valence-corrected chi connectivity index (χ2v) is 8.03. The molecule has 0 aliphatic rings. The third kappa shape index (κ3) is 4.33. The van der Waals surface area contributed by atoms with Crippen molar-refractivity contribution in [3.63, 3.8) is 0 Å². The first-order valence-corrected chi connectivity index (χ1v) is 9.64. The number of aromatic nitrogens is 1. The van der Waals surface area contributed by atoms with Crippen LogP contribution in [0.3, 0.4) is 0 Å². The van der Waals surface area contributed by atoms with Crippen molar-refractivity contribution in [3.8, 4) is 22.5 Å². The molecule has 0 fully saturated rings. The van der Waals surface area contributed by atoms with Gasteiger partial charge in [-0.25, -0.2) is 4.98 Å². The van der Waals surface area contributed by atoms with Gasteiger partial charge in [-0.3, -0.25) is 0 Å². The molecule has 3 rings (SSSR count). The van der Waals surface area contributed by atoms with Gasteiger partial charge in [0.2, 0.25) is 0 Å². The molecule has 0 amide bonds. The molecule has 0 saturated carbocycles. The SMILES string of the molecule is FC(F)(F)c1ccc(-c2cc(Cl)c(Cl)cc2Cl)nc1-c1cc(Cl)c(Cl)cc1Cl. The van der Waals surface area contributed by atoms with Gasteiger partial charge in [-0.05, 0) is 36.4 Å². The fraction of sp³-hybridized carbons (Fsp3) is 0.0556. The molecule has 3 aromatic rings. The number of hydrogen-bond acceptors (Lipinski definition) is 1. The minimum Gasteiger partial charge on any atom is -0.247 e. The van der Waals surface area contributed by atoms with E-state index in [4.69, 9.17) is 69.6 Å². The Morgan fingerprint density at radius 3 is 1.61 bits per heavy atom. The van der Waals surface area contributed by atoms with Crippen molar-refractivity contribution in [1.29, 1.82) is 0 Å². The minimum atomic E-state index is -4.68. The number of benzene rings is 2. The van der Waals surface area contributed by atoms with Gasteiger partial charge >= 0.3 is 6.18 Å². The third-order valence-corrected chi connectivity index (χ3v) is 5.82. The molecule has 0 aliphatic carbocycles. The molecule has 1 heterocycles. The third-order valence-electron chi connectivity index (χ3n) is 3.75. The largest absolute Gasteiger partial charge is 0.418 e. The van der Waals surface area contributed by atoms with Crippen molar-refractivity contribution in [2.24, 2.45) is 0 Å². The summed E-state index contributed by atoms with van der Waals surface area (Å²) in [7, 11) is 0. The molecule has 0 bridgehead atoms. The van der Waals surface area contributed by atoms with Crippen molar-refractivity contribution in [3.05, 3.63) is 72.1 Å². The average Bonchev–Trinajstić information content (AvgIpc) is 2.60. The highest BCUT2D eigenvalue weighted by atomic mass is 35.5. The second-order valence-electron chi connectivity index (χ2n) is 5.58. The van der Waals surface area contributed by atoms with Crippen LogP contribution in [-0.2, 0) is 6.18 Å². The highest BCUT2D eigenvalue weighted by Crippen LogP contribution is 2.43. The molecular formula is C18H6Cl6F3N. The Morgan fingerprint density at radius 2 is 1.07 bits per heavy atom. The average molecular weight is 506 g/mol. The molecule has 0 saturated heterocycles. The van der Waals surface area contributed by atoms with Crippen molar-refractivity contribution >= 4 is 69.6 Å². The summed E-state index contributed by atoms with van der Waals surface area (Å²) in [5, 5.41) is 0.659. The van der Waals surface area contributed by atoms with Crippen LogP contribution in [0, 0.1) is 0 Å². The summed E-state index contributed by atoms with van der Waals surface area (Å²) in [5.74, 6) is 0. The Morgan fingerprint density at radius 1 is 0.607 bits per heavy atom. The number of hydrogen-bond donors (Lipinski definition) is 0. The van der Waals surface area contributed by atoms with E-state index in [2.05, 4.69) is 4.98 Å². The molecule has 146 valence electrons. The van der Waals surface area contributed by atoms with Crippen LogP contribution in [0.4, 0.5) is 13.2 Å². The van der Waals surface area contributed by atoms with Crippen molar-refractivity contribution in [2.75, 3.05) is 0 Å². The first kappa shape index (κ1) is 21.8. The maximum Gasteiger partial charge on any atom is 0.418 e. The quantitative estimate of drug-likeness (QED) is 0.316. The minimum absolute atomic E-state index is 0.0265. The Bertz CT molecular complexity index is 1080. The molecule has 0 N–H and O–H groups in total. The lowest BCUT2D eigenvalue weighted by Gasteiger charge is -2.16. The van der Waals surface area contributed by atoms with Gasteiger partial charge in [-0.2, -0.15) is 13.2 Å². The predicted octanol–water partition coefficient (Wildman–Crippen LogP) is 9.35. The molecule has 0 radical (unpaired) electrons. The van der Waals surface area contributed by atoms with Crippen molar-refractivity contribution in [2.45, 2.75) is 6.18 Å². The van der Waals surface area contributed by atoms with E-state index in [0.29, 0.717) is 5.56 Å². The van der Waals surface area contributed by atoms with Gasteiger partial charge in [0, 0.05) is 11.1 Å². The van der Waals surface area contributed by atoms with Crippen LogP contribution < -0.4 is 0 Å². The summed E-state index contributed by atoms with van der Waals surface area (Å²) in [6, 6.07) is 7.35. The van der Waals surface area contributed by atoms with E-state index < -0.39 is 17.4 Å². The molecule has 0 spiro atoms. The Labute approximate surface area is 187 Å². The molecule has 1 nitrogen and oxygen atoms in total. The summed E-state index contributed by atoms with van der Waals surface area (Å²) >= 11 is 36.1. The maximum absolute atomic E-state index is 13.6. The van der Waals surface area contributed by atoms with E-state index in [9.17, 15) is 13.2 Å². The summed E-state index contributed by atoms with van der Waals surface area (Å²) < 4.78 is 40.7. The molecule has 2 aromatic carbocycles. The van der Waals surface area contributed by atoms with Gasteiger partial charge in [0.1, 0.15) is 0 Å². The highest BCUT2D eigenvalue weighted by molar-refractivity contribution is 6.44. The molecule has 0 atom stereocenters. The molecule has 28 heavy (non-hydrogen) atoms. The van der Waals surface area contributed by atoms with Gasteiger partial charge < -0.3 is 0 Å². The van der Waals surface area contributed by atoms with Gasteiger partial charge in [0.25, 0.3) is 0 Å². The van der Waals surface area contributed by atoms with Crippen molar-refractivity contribution in [1.82, 2.24) is 4.98 Å². The zero-order valence-corrected chi connectivity index (χ0v) is 17.8. The lowest BCUT2D eigenvalue weighted by Crippen LogP contribution is -2.09. The van der Waals surface area contributed by atoms with E-state index in [-0.39, 0.29) is 41.4 Å². The number of pyridine rings is 1. The van der Waals surface area contributed by atoms with Crippen LogP contribution in [0.2, 0.25) is 30.1 Å². The van der Waals surface area contributed by atoms with E-state index in [0.717, 1.165) is 6.07 Å². The van der Waals surface area contributed by atoms with Gasteiger partial charge in [-0.15, -0.1) is 0 Å². The van der Waals surface area contributed by atoms with E-state index >= 15 is 0 Å². The summed E-state index contributed by atoms with van der Waals surface area (Å²) in [5.41, 5.74) is -0.985. The van der Waals surface area contributed by atoms with Crippen LogP contribution in [0.15, 0.2) is 36.4 Å². The lowest BCUT2D eigenvalue weighted by molar-refractivity contribution is -0.137. The number of halogens is 9. The molecule has 1 aromatic heterocycles. The highest BCUT2D eigenvalue weighted by Gasteiger charge is 2.35. The zero-order valence-electron chi connectivity index (χ0n) is 13.3. The molecule has 0 aliphatic heterocycles. The van der Waals surface area contributed by atoms with E-state index in [1.54, 1.807) is 0 Å². The Kier molecular flexibility index (Phi) is 6.31. The fourth-order valence-electron chi connectivity index (χ4n) is 2.47. The van der Waals surface area contributed by atoms with Gasteiger partial charge in [0.15, 0.2) is 0 Å². The number of alkyl halides is 3. The lowest BCUT2D eigenvalue weighted by atomic mass is 10.0. The van der Waals surface area contributed by atoms with E-state index in [1.807, 2.05) is 0 Å². The first-order valence-electron chi connectivity index (χ1n) is 7.37. The normalized spacial score (nSPS) is 11.8. The molecular weight excluding hydrogens is 500 g/mol. The predicted molar refractivity (Wildman–Crippen MR) is 110 cm³/mol. The summed E-state index contributed by atoms with van der Waals surface area (Å²) in [6.07, 6.45) is -4.68. The fourth-order valence-corrected chi connectivity index (χ4v) is 3.75. The topological polar surface area (TPSA) is 12.9 Å². The van der Waals surface area contributed by atoms with Crippen LogP contribution in [0.5, 0.6) is 0 Å². The Balaban J connectivity index is 2.31. The van der Waals surface area contributed by atoms with Crippen LogP contribution in [0.25, 0.3) is 22.5 Å². The van der Waals surface area contributed by atoms with Gasteiger partial charge in [0.05, 0.1) is 47.1 Å². The van der Waals surface area contributed by atoms with Crippen LogP contribution in [-0.4, -0.2) is 4.98 Å². The molecule has 0 unspecified atom stereocenters. The zero-order chi connectivity index (χ0) is 20.8. The van der Waals surface area contributed by atoms with Crippen LogP contribution >= 0.6 is 69.6 Å². The first-order chi connectivity index (χ1) is 13.0. The van der Waals surface area contributed by atoms with Crippen LogP contribution in [0.1, 0.15) is 5.56 Å². The smallest absolute Gasteiger partial charge is 0.247 e. The molecule has 10 heteroatoms. The second kappa shape index (κ2) is 8.10. The number of nitrogens with zero attached hydrogens (tertiary/aromatic N) is 1. The monoisotopic (exact) mass is 503 g/mol. The van der Waals surface area contributed by atoms with Gasteiger partial charge in [-0.1, -0.05) is 69.6 Å². The maximum atomic E-state index is 13.6. The Hall–Kier alpha value is -0.880. The number of rotatable bonds is 2. The van der Waals surface area contributed by atoms with E-state index in [1.165, 1.54) is 30.3 Å². The summed E-state index contributed by atoms with van der Waals surface area (Å²) in [6.45, 7) is 0.